The van der Waals surface area contributed by atoms with Crippen molar-refractivity contribution in [2.45, 2.75) is 18.9 Å². The summed E-state index contributed by atoms with van der Waals surface area (Å²) in [7, 11) is 1.75. The van der Waals surface area contributed by atoms with E-state index in [9.17, 15) is 4.79 Å². The molecule has 0 spiro atoms. The Hall–Kier alpha value is -2.71. The number of hydrogen-bond donors (Lipinski definition) is 3. The maximum atomic E-state index is 11.2. The van der Waals surface area contributed by atoms with E-state index < -0.39 is 0 Å². The first kappa shape index (κ1) is 13.3. The van der Waals surface area contributed by atoms with Gasteiger partial charge in [0, 0.05) is 38.4 Å². The molecule has 0 aliphatic carbocycles. The summed E-state index contributed by atoms with van der Waals surface area (Å²) < 4.78 is 1.70. The number of piperidine rings is 1. The number of hydrogen-bond acceptors (Lipinski definition) is 7. The molecule has 1 amide bonds. The van der Waals surface area contributed by atoms with Crippen molar-refractivity contribution >= 4 is 17.8 Å². The Bertz CT molecular complexity index is 616. The molecule has 0 bridgehead atoms. The molecule has 1 unspecified atom stereocenters. The molecular formula is C12H16N8O. The second-order valence-electron chi connectivity index (χ2n) is 4.69. The minimum absolute atomic E-state index is 0.0821. The summed E-state index contributed by atoms with van der Waals surface area (Å²) in [6, 6.07) is 0.116. The van der Waals surface area contributed by atoms with Crippen LogP contribution >= 0.6 is 0 Å². The second-order valence-corrected chi connectivity index (χ2v) is 4.69. The van der Waals surface area contributed by atoms with Gasteiger partial charge in [0.05, 0.1) is 0 Å². The number of aromatic nitrogens is 5. The van der Waals surface area contributed by atoms with Crippen molar-refractivity contribution in [2.75, 3.05) is 24.2 Å². The van der Waals surface area contributed by atoms with Crippen molar-refractivity contribution < 1.29 is 4.79 Å². The first-order chi connectivity index (χ1) is 10.2. The third kappa shape index (κ3) is 3.07. The number of carbonyl (C=O) groups is 1. The van der Waals surface area contributed by atoms with Crippen LogP contribution in [0.5, 0.6) is 0 Å². The van der Waals surface area contributed by atoms with Crippen molar-refractivity contribution in [1.29, 1.82) is 0 Å². The molecule has 3 rings (SSSR count). The molecular weight excluding hydrogens is 272 g/mol. The molecule has 2 aromatic rings. The van der Waals surface area contributed by atoms with Gasteiger partial charge in [-0.05, 0) is 6.42 Å². The first-order valence-corrected chi connectivity index (χ1v) is 6.70. The van der Waals surface area contributed by atoms with Crippen molar-refractivity contribution in [3.63, 3.8) is 0 Å². The summed E-state index contributed by atoms with van der Waals surface area (Å²) in [6.07, 6.45) is 6.31. The average molecular weight is 288 g/mol. The summed E-state index contributed by atoms with van der Waals surface area (Å²) in [4.78, 5) is 28.1. The molecule has 0 radical (unpaired) electrons. The lowest BCUT2D eigenvalue weighted by atomic mass is 10.1. The highest BCUT2D eigenvalue weighted by Crippen LogP contribution is 2.12. The SMILES string of the molecule is CNc1nc(NC2CCC(=O)NC2)nc(-n2ccnc2)n1. The third-order valence-corrected chi connectivity index (χ3v) is 3.18. The van der Waals surface area contributed by atoms with Crippen LogP contribution in [0.1, 0.15) is 12.8 Å². The van der Waals surface area contributed by atoms with Gasteiger partial charge in [0.25, 0.3) is 0 Å². The van der Waals surface area contributed by atoms with Gasteiger partial charge >= 0.3 is 0 Å². The van der Waals surface area contributed by atoms with E-state index in [0.29, 0.717) is 30.8 Å². The van der Waals surface area contributed by atoms with Gasteiger partial charge in [0.2, 0.25) is 23.8 Å². The van der Waals surface area contributed by atoms with Gasteiger partial charge in [-0.15, -0.1) is 0 Å². The maximum Gasteiger partial charge on any atom is 0.241 e. The molecule has 3 N–H and O–H groups in total. The fourth-order valence-corrected chi connectivity index (χ4v) is 2.07. The molecule has 110 valence electrons. The zero-order valence-electron chi connectivity index (χ0n) is 11.6. The third-order valence-electron chi connectivity index (χ3n) is 3.18. The summed E-state index contributed by atoms with van der Waals surface area (Å²) in [6.45, 7) is 0.569. The number of anilines is 2. The largest absolute Gasteiger partial charge is 0.357 e. The van der Waals surface area contributed by atoms with Crippen molar-refractivity contribution in [3.8, 4) is 5.95 Å². The van der Waals surface area contributed by atoms with Gasteiger partial charge in [-0.3, -0.25) is 9.36 Å². The number of nitrogens with one attached hydrogen (secondary N) is 3. The van der Waals surface area contributed by atoms with Gasteiger partial charge in [0.15, 0.2) is 0 Å². The van der Waals surface area contributed by atoms with Gasteiger partial charge < -0.3 is 16.0 Å². The number of nitrogens with zero attached hydrogens (tertiary/aromatic N) is 5. The van der Waals surface area contributed by atoms with Crippen molar-refractivity contribution in [3.05, 3.63) is 18.7 Å². The van der Waals surface area contributed by atoms with Crippen molar-refractivity contribution in [1.82, 2.24) is 29.8 Å². The van der Waals surface area contributed by atoms with E-state index in [1.165, 1.54) is 0 Å². The van der Waals surface area contributed by atoms with Gasteiger partial charge in [-0.2, -0.15) is 15.0 Å². The maximum absolute atomic E-state index is 11.2. The molecule has 3 heterocycles. The molecule has 0 aromatic carbocycles. The molecule has 1 aliphatic heterocycles. The minimum atomic E-state index is 0.0821. The predicted octanol–water partition coefficient (Wildman–Crippen LogP) is -0.210. The van der Waals surface area contributed by atoms with Crippen LogP contribution in [-0.2, 0) is 4.79 Å². The predicted molar refractivity (Wildman–Crippen MR) is 76.2 cm³/mol. The lowest BCUT2D eigenvalue weighted by molar-refractivity contribution is -0.122. The molecule has 1 fully saturated rings. The first-order valence-electron chi connectivity index (χ1n) is 6.70. The number of carbonyl (C=O) groups excluding carboxylic acids is 1. The van der Waals surface area contributed by atoms with Crippen LogP contribution in [0.2, 0.25) is 0 Å². The van der Waals surface area contributed by atoms with Crippen LogP contribution in [0.25, 0.3) is 5.95 Å². The number of imidazole rings is 1. The second kappa shape index (κ2) is 5.73. The lowest BCUT2D eigenvalue weighted by Gasteiger charge is -2.23. The molecule has 2 aromatic heterocycles. The molecule has 9 heteroatoms. The quantitative estimate of drug-likeness (QED) is 0.714. The summed E-state index contributed by atoms with van der Waals surface area (Å²) >= 11 is 0. The Morgan fingerprint density at radius 3 is 2.86 bits per heavy atom. The molecule has 0 saturated carbocycles. The van der Waals surface area contributed by atoms with E-state index >= 15 is 0 Å². The van der Waals surface area contributed by atoms with Crippen LogP contribution in [0.4, 0.5) is 11.9 Å². The van der Waals surface area contributed by atoms with Gasteiger partial charge in [0.1, 0.15) is 6.33 Å². The molecule has 9 nitrogen and oxygen atoms in total. The van der Waals surface area contributed by atoms with E-state index in [0.717, 1.165) is 6.42 Å². The minimum Gasteiger partial charge on any atom is -0.357 e. The molecule has 21 heavy (non-hydrogen) atoms. The normalized spacial score (nSPS) is 18.1. The number of rotatable bonds is 4. The van der Waals surface area contributed by atoms with E-state index in [-0.39, 0.29) is 11.9 Å². The highest BCUT2D eigenvalue weighted by molar-refractivity contribution is 5.76. The van der Waals surface area contributed by atoms with Crippen LogP contribution in [0.15, 0.2) is 18.7 Å². The van der Waals surface area contributed by atoms with E-state index in [1.54, 1.807) is 30.3 Å². The summed E-state index contributed by atoms with van der Waals surface area (Å²) in [5, 5.41) is 8.96. The highest BCUT2D eigenvalue weighted by Gasteiger charge is 2.19. The highest BCUT2D eigenvalue weighted by atomic mass is 16.1. The fourth-order valence-electron chi connectivity index (χ4n) is 2.07. The molecule has 1 atom stereocenters. The zero-order chi connectivity index (χ0) is 14.7. The fraction of sp³-hybridized carbons (Fsp3) is 0.417. The van der Waals surface area contributed by atoms with Gasteiger partial charge in [-0.25, -0.2) is 4.98 Å². The molecule has 1 saturated heterocycles. The van der Waals surface area contributed by atoms with Crippen LogP contribution in [0, 0.1) is 0 Å². The van der Waals surface area contributed by atoms with Crippen LogP contribution in [0.3, 0.4) is 0 Å². The van der Waals surface area contributed by atoms with Crippen LogP contribution < -0.4 is 16.0 Å². The topological polar surface area (TPSA) is 110 Å². The Balaban J connectivity index is 1.81. The Morgan fingerprint density at radius 2 is 2.19 bits per heavy atom. The van der Waals surface area contributed by atoms with E-state index in [1.807, 2.05) is 0 Å². The monoisotopic (exact) mass is 288 g/mol. The Kier molecular flexibility index (Phi) is 3.63. The van der Waals surface area contributed by atoms with E-state index in [4.69, 9.17) is 0 Å². The average Bonchev–Trinajstić information content (AvgIpc) is 3.04. The lowest BCUT2D eigenvalue weighted by Crippen LogP contribution is -2.42. The standard InChI is InChI=1S/C12H16N8O/c1-13-10-17-11(16-8-2-3-9(21)15-6-8)19-12(18-10)20-5-4-14-7-20/h4-5,7-8H,2-3,6H2,1H3,(H,15,21)(H2,13,16,17,18,19). The number of amides is 1. The smallest absolute Gasteiger partial charge is 0.241 e. The van der Waals surface area contributed by atoms with Crippen LogP contribution in [-0.4, -0.2) is 50.0 Å². The van der Waals surface area contributed by atoms with Crippen molar-refractivity contribution in [2.24, 2.45) is 0 Å². The van der Waals surface area contributed by atoms with E-state index in [2.05, 4.69) is 35.9 Å². The Labute approximate surface area is 121 Å². The summed E-state index contributed by atoms with van der Waals surface area (Å²) in [5.41, 5.74) is 0. The zero-order valence-corrected chi connectivity index (χ0v) is 11.6. The van der Waals surface area contributed by atoms with Gasteiger partial charge in [-0.1, -0.05) is 0 Å². The summed E-state index contributed by atoms with van der Waals surface area (Å²) in [5.74, 6) is 1.50. The Morgan fingerprint density at radius 1 is 1.33 bits per heavy atom. The molecule has 1 aliphatic rings.